The third-order valence-electron chi connectivity index (χ3n) is 2.84. The van der Waals surface area contributed by atoms with Gasteiger partial charge in [-0.25, -0.2) is 13.6 Å². The Morgan fingerprint density at radius 1 is 1.44 bits per heavy atom. The quantitative estimate of drug-likeness (QED) is 0.570. The minimum atomic E-state index is -2.35. The zero-order valence-corrected chi connectivity index (χ0v) is 8.62. The number of halogens is 2. The Morgan fingerprint density at radius 3 is 2.75 bits per heavy atom. The number of benzene rings is 1. The lowest BCUT2D eigenvalue weighted by atomic mass is 10.0. The molecule has 0 amide bonds. The molecule has 1 fully saturated rings. The molecular weight excluding hydrogens is 212 g/mol. The molecule has 16 heavy (non-hydrogen) atoms. The van der Waals surface area contributed by atoms with Crippen LogP contribution in [0.2, 0.25) is 0 Å². The van der Waals surface area contributed by atoms with Gasteiger partial charge in [0, 0.05) is 6.42 Å². The number of carbonyl (C=O) groups excluding carboxylic acids is 1. The molecule has 0 saturated heterocycles. The summed E-state index contributed by atoms with van der Waals surface area (Å²) in [6.07, 6.45) is 0.538. The van der Waals surface area contributed by atoms with Crippen molar-refractivity contribution >= 4 is 6.08 Å². The monoisotopic (exact) mass is 223 g/mol. The molecule has 2 rings (SSSR count). The molecule has 0 spiro atoms. The smallest absolute Gasteiger partial charge is 0.211 e. The molecule has 84 valence electrons. The van der Waals surface area contributed by atoms with E-state index in [9.17, 15) is 13.6 Å². The fourth-order valence-electron chi connectivity index (χ4n) is 1.84. The Bertz CT molecular complexity index is 434. The molecule has 0 bridgehead atoms. The molecule has 0 N–H and O–H groups in total. The Balaban J connectivity index is 2.26. The number of hydrogen-bond donors (Lipinski definition) is 0. The number of alkyl halides is 2. The van der Waals surface area contributed by atoms with Crippen LogP contribution in [-0.4, -0.2) is 12.5 Å². The zero-order chi connectivity index (χ0) is 11.6. The van der Waals surface area contributed by atoms with Crippen molar-refractivity contribution < 1.29 is 13.6 Å². The van der Waals surface area contributed by atoms with Crippen LogP contribution in [-0.2, 0) is 16.8 Å². The van der Waals surface area contributed by atoms with Crippen molar-refractivity contribution in [1.82, 2.24) is 0 Å². The minimum absolute atomic E-state index is 0.255. The van der Waals surface area contributed by atoms with Crippen LogP contribution in [0.4, 0.5) is 8.78 Å². The molecule has 0 unspecified atom stereocenters. The van der Waals surface area contributed by atoms with Gasteiger partial charge in [0.2, 0.25) is 12.5 Å². The lowest BCUT2D eigenvalue weighted by Gasteiger charge is -2.09. The fraction of sp³-hybridized carbons (Fsp3) is 0.417. The van der Waals surface area contributed by atoms with Gasteiger partial charge in [0.25, 0.3) is 0 Å². The van der Waals surface area contributed by atoms with Gasteiger partial charge in [-0.2, -0.15) is 4.99 Å². The molecule has 2 nitrogen and oxygen atoms in total. The summed E-state index contributed by atoms with van der Waals surface area (Å²) >= 11 is 0. The number of nitrogens with zero attached hydrogens (tertiary/aromatic N) is 1. The Labute approximate surface area is 92.0 Å². The van der Waals surface area contributed by atoms with E-state index in [-0.39, 0.29) is 6.42 Å². The molecule has 0 aliphatic heterocycles. The molecule has 0 atom stereocenters. The van der Waals surface area contributed by atoms with Gasteiger partial charge < -0.3 is 0 Å². The molecule has 4 heteroatoms. The summed E-state index contributed by atoms with van der Waals surface area (Å²) in [5.74, 6) is 0. The van der Waals surface area contributed by atoms with Crippen LogP contribution < -0.4 is 0 Å². The summed E-state index contributed by atoms with van der Waals surface area (Å²) in [4.78, 5) is 14.0. The number of aliphatic imine (C=N–C) groups is 1. The van der Waals surface area contributed by atoms with Crippen molar-refractivity contribution in [1.29, 1.82) is 0 Å². The van der Waals surface area contributed by atoms with Crippen molar-refractivity contribution in [2.24, 2.45) is 4.99 Å². The highest BCUT2D eigenvalue weighted by Crippen LogP contribution is 2.49. The summed E-state index contributed by atoms with van der Waals surface area (Å²) in [6, 6.07) is 6.92. The summed E-state index contributed by atoms with van der Waals surface area (Å²) in [5.41, 5.74) is 0.953. The Morgan fingerprint density at radius 2 is 2.19 bits per heavy atom. The van der Waals surface area contributed by atoms with Crippen LogP contribution >= 0.6 is 0 Å². The molecule has 1 aromatic rings. The van der Waals surface area contributed by atoms with E-state index in [1.54, 1.807) is 24.3 Å². The van der Waals surface area contributed by atoms with Crippen LogP contribution in [0.5, 0.6) is 0 Å². The highest BCUT2D eigenvalue weighted by molar-refractivity contribution is 5.42. The minimum Gasteiger partial charge on any atom is -0.211 e. The first kappa shape index (κ1) is 11.0. The third kappa shape index (κ3) is 2.17. The van der Waals surface area contributed by atoms with Gasteiger partial charge in [-0.3, -0.25) is 0 Å². The highest BCUT2D eigenvalue weighted by atomic mass is 19.3. The van der Waals surface area contributed by atoms with Gasteiger partial charge >= 0.3 is 0 Å². The largest absolute Gasteiger partial charge is 0.242 e. The first-order valence-corrected chi connectivity index (χ1v) is 5.13. The summed E-state index contributed by atoms with van der Waals surface area (Å²) < 4.78 is 24.5. The molecule has 0 heterocycles. The van der Waals surface area contributed by atoms with Crippen molar-refractivity contribution in [3.05, 3.63) is 35.4 Å². The van der Waals surface area contributed by atoms with E-state index < -0.39 is 12.0 Å². The molecule has 1 aliphatic rings. The van der Waals surface area contributed by atoms with Crippen LogP contribution in [0.15, 0.2) is 29.3 Å². The summed E-state index contributed by atoms with van der Waals surface area (Å²) in [7, 11) is 0. The first-order chi connectivity index (χ1) is 7.66. The average molecular weight is 223 g/mol. The standard InChI is InChI=1S/C12H11F2NO/c13-11(14)7-9-2-1-3-10(6-9)12(4-5-12)15-8-16/h1-3,6,11H,4-5,7H2. The first-order valence-electron chi connectivity index (χ1n) is 5.13. The zero-order valence-electron chi connectivity index (χ0n) is 8.62. The van der Waals surface area contributed by atoms with Crippen LogP contribution in [0.25, 0.3) is 0 Å². The summed E-state index contributed by atoms with van der Waals surface area (Å²) in [5, 5.41) is 0. The maximum atomic E-state index is 12.2. The van der Waals surface area contributed by atoms with Crippen molar-refractivity contribution in [3.63, 3.8) is 0 Å². The van der Waals surface area contributed by atoms with E-state index in [1.165, 1.54) is 0 Å². The van der Waals surface area contributed by atoms with Crippen LogP contribution in [0.3, 0.4) is 0 Å². The van der Waals surface area contributed by atoms with E-state index >= 15 is 0 Å². The Kier molecular flexibility index (Phi) is 2.84. The number of hydrogen-bond acceptors (Lipinski definition) is 2. The normalized spacial score (nSPS) is 16.9. The second-order valence-corrected chi connectivity index (χ2v) is 4.03. The SMILES string of the molecule is O=C=NC1(c2cccc(CC(F)F)c2)CC1. The topological polar surface area (TPSA) is 29.4 Å². The molecular formula is C12H11F2NO. The molecule has 1 saturated carbocycles. The van der Waals surface area contributed by atoms with Gasteiger partial charge in [0.1, 0.15) is 0 Å². The average Bonchev–Trinajstić information content (AvgIpc) is 2.99. The predicted molar refractivity (Wildman–Crippen MR) is 55.2 cm³/mol. The van der Waals surface area contributed by atoms with Gasteiger partial charge in [0.05, 0.1) is 5.54 Å². The number of rotatable bonds is 4. The molecule has 1 aliphatic carbocycles. The van der Waals surface area contributed by atoms with Gasteiger partial charge in [-0.1, -0.05) is 24.3 Å². The molecule has 0 radical (unpaired) electrons. The third-order valence-corrected chi connectivity index (χ3v) is 2.84. The lowest BCUT2D eigenvalue weighted by Crippen LogP contribution is -2.04. The van der Waals surface area contributed by atoms with Crippen molar-refractivity contribution in [2.75, 3.05) is 0 Å². The predicted octanol–water partition coefficient (Wildman–Crippen LogP) is 2.82. The van der Waals surface area contributed by atoms with E-state index in [2.05, 4.69) is 4.99 Å². The van der Waals surface area contributed by atoms with E-state index in [4.69, 9.17) is 0 Å². The Hall–Kier alpha value is -1.54. The van der Waals surface area contributed by atoms with Crippen molar-refractivity contribution in [2.45, 2.75) is 31.2 Å². The van der Waals surface area contributed by atoms with Gasteiger partial charge in [-0.15, -0.1) is 0 Å². The van der Waals surface area contributed by atoms with Gasteiger partial charge in [-0.05, 0) is 24.0 Å². The second kappa shape index (κ2) is 4.14. The van der Waals surface area contributed by atoms with Crippen LogP contribution in [0.1, 0.15) is 24.0 Å². The molecule has 0 aromatic heterocycles. The van der Waals surface area contributed by atoms with Crippen LogP contribution in [0, 0.1) is 0 Å². The van der Waals surface area contributed by atoms with E-state index in [0.717, 1.165) is 18.4 Å². The fourth-order valence-corrected chi connectivity index (χ4v) is 1.84. The maximum absolute atomic E-state index is 12.2. The van der Waals surface area contributed by atoms with E-state index in [1.807, 2.05) is 6.07 Å². The molecule has 1 aromatic carbocycles. The number of isocyanates is 1. The second-order valence-electron chi connectivity index (χ2n) is 4.03. The summed E-state index contributed by atoms with van der Waals surface area (Å²) in [6.45, 7) is 0. The lowest BCUT2D eigenvalue weighted by molar-refractivity contribution is 0.149. The maximum Gasteiger partial charge on any atom is 0.242 e. The van der Waals surface area contributed by atoms with Gasteiger partial charge in [0.15, 0.2) is 0 Å². The van der Waals surface area contributed by atoms with Crippen molar-refractivity contribution in [3.8, 4) is 0 Å². The highest BCUT2D eigenvalue weighted by Gasteiger charge is 2.44. The van der Waals surface area contributed by atoms with E-state index in [0.29, 0.717) is 5.56 Å².